The summed E-state index contributed by atoms with van der Waals surface area (Å²) in [6, 6.07) is 0.490. The number of likely N-dealkylation sites (tertiary alicyclic amines) is 1. The first-order valence-electron chi connectivity index (χ1n) is 9.79. The Morgan fingerprint density at radius 3 is 2.25 bits per heavy atom. The minimum Gasteiger partial charge on any atom is -0.344 e. The predicted octanol–water partition coefficient (Wildman–Crippen LogP) is 3.35. The third-order valence-electron chi connectivity index (χ3n) is 5.93. The van der Waals surface area contributed by atoms with E-state index in [9.17, 15) is 9.59 Å². The fourth-order valence-electron chi connectivity index (χ4n) is 4.50. The van der Waals surface area contributed by atoms with Crippen molar-refractivity contribution in [3.63, 3.8) is 0 Å². The molecule has 0 aromatic carbocycles. The largest absolute Gasteiger partial charge is 0.344 e. The second-order valence-corrected chi connectivity index (χ2v) is 8.76. The summed E-state index contributed by atoms with van der Waals surface area (Å²) in [5, 5.41) is 0. The second kappa shape index (κ2) is 7.99. The third-order valence-corrected chi connectivity index (χ3v) is 5.93. The first kappa shape index (κ1) is 19.4. The first-order valence-corrected chi connectivity index (χ1v) is 9.79. The molecule has 0 aromatic rings. The van der Waals surface area contributed by atoms with Crippen LogP contribution in [0.4, 0.5) is 0 Å². The molecule has 4 nitrogen and oxygen atoms in total. The molecule has 3 atom stereocenters. The minimum atomic E-state index is -0.358. The van der Waals surface area contributed by atoms with E-state index in [-0.39, 0.29) is 28.9 Å². The lowest BCUT2D eigenvalue weighted by molar-refractivity contribution is -0.145. The van der Waals surface area contributed by atoms with Crippen molar-refractivity contribution < 1.29 is 9.59 Å². The van der Waals surface area contributed by atoms with Gasteiger partial charge < -0.3 is 4.90 Å². The van der Waals surface area contributed by atoms with Gasteiger partial charge in [-0.3, -0.25) is 14.5 Å². The average Bonchev–Trinajstić information content (AvgIpc) is 2.99. The molecular formula is C20H36N2O2. The molecule has 0 N–H and O–H groups in total. The number of rotatable bonds is 5. The maximum Gasteiger partial charge on any atom is 0.226 e. The standard InChI is InChI=1S/C20H36N2O2/c1-6-22-13-9-10-15(22)14-21(5)19(24)17-12-8-7-11-16(17)18(23)20(2,3)4/h15-17H,6-14H2,1-5H3/t15-,16?,17+/m1/s1. The number of hydrogen-bond donors (Lipinski definition) is 0. The fraction of sp³-hybridized carbons (Fsp3) is 0.900. The summed E-state index contributed by atoms with van der Waals surface area (Å²) >= 11 is 0. The molecule has 2 rings (SSSR count). The van der Waals surface area contributed by atoms with Gasteiger partial charge in [0.05, 0.1) is 0 Å². The Balaban J connectivity index is 2.03. The van der Waals surface area contributed by atoms with Crippen LogP contribution in [-0.2, 0) is 9.59 Å². The normalized spacial score (nSPS) is 28.8. The maximum absolute atomic E-state index is 13.1. The minimum absolute atomic E-state index is 0.0837. The maximum atomic E-state index is 13.1. The van der Waals surface area contributed by atoms with Crippen molar-refractivity contribution in [3.8, 4) is 0 Å². The number of carbonyl (C=O) groups is 2. The zero-order valence-corrected chi connectivity index (χ0v) is 16.3. The van der Waals surface area contributed by atoms with Gasteiger partial charge in [-0.25, -0.2) is 0 Å². The van der Waals surface area contributed by atoms with Gasteiger partial charge >= 0.3 is 0 Å². The summed E-state index contributed by atoms with van der Waals surface area (Å²) in [7, 11) is 1.93. The number of hydrogen-bond acceptors (Lipinski definition) is 3. The van der Waals surface area contributed by atoms with E-state index in [1.807, 2.05) is 32.7 Å². The zero-order valence-electron chi connectivity index (χ0n) is 16.3. The highest BCUT2D eigenvalue weighted by Crippen LogP contribution is 2.36. The monoisotopic (exact) mass is 336 g/mol. The number of Topliss-reactive ketones (excluding diaryl/α,β-unsaturated/α-hetero) is 1. The molecule has 2 aliphatic rings. The molecule has 2 fully saturated rings. The van der Waals surface area contributed by atoms with Crippen LogP contribution in [0.1, 0.15) is 66.2 Å². The van der Waals surface area contributed by atoms with Crippen molar-refractivity contribution in [2.24, 2.45) is 17.3 Å². The number of ketones is 1. The molecule has 1 aliphatic heterocycles. The van der Waals surface area contributed by atoms with Crippen molar-refractivity contribution in [1.82, 2.24) is 9.80 Å². The molecule has 0 spiro atoms. The highest BCUT2D eigenvalue weighted by atomic mass is 16.2. The SMILES string of the molecule is CCN1CCC[C@@H]1CN(C)C(=O)[C@H]1CCCCC1C(=O)C(C)(C)C. The molecule has 0 radical (unpaired) electrons. The smallest absolute Gasteiger partial charge is 0.226 e. The second-order valence-electron chi connectivity index (χ2n) is 8.76. The van der Waals surface area contributed by atoms with Crippen LogP contribution in [0.25, 0.3) is 0 Å². The molecular weight excluding hydrogens is 300 g/mol. The van der Waals surface area contributed by atoms with Gasteiger partial charge in [0.15, 0.2) is 0 Å². The number of carbonyl (C=O) groups excluding carboxylic acids is 2. The van der Waals surface area contributed by atoms with Crippen molar-refractivity contribution >= 4 is 11.7 Å². The molecule has 1 heterocycles. The first-order chi connectivity index (χ1) is 11.3. The van der Waals surface area contributed by atoms with Gasteiger partial charge in [0.1, 0.15) is 5.78 Å². The average molecular weight is 337 g/mol. The van der Waals surface area contributed by atoms with Gasteiger partial charge in [-0.1, -0.05) is 40.5 Å². The Labute approximate surface area is 148 Å². The zero-order chi connectivity index (χ0) is 17.9. The highest BCUT2D eigenvalue weighted by molar-refractivity contribution is 5.91. The van der Waals surface area contributed by atoms with Crippen LogP contribution in [0.3, 0.4) is 0 Å². The third kappa shape index (κ3) is 4.38. The van der Waals surface area contributed by atoms with Crippen LogP contribution in [-0.4, -0.2) is 54.2 Å². The summed E-state index contributed by atoms with van der Waals surface area (Å²) in [4.78, 5) is 30.3. The Kier molecular flexibility index (Phi) is 6.46. The van der Waals surface area contributed by atoms with Gasteiger partial charge in [0, 0.05) is 36.9 Å². The van der Waals surface area contributed by atoms with Crippen LogP contribution in [0, 0.1) is 17.3 Å². The summed E-state index contributed by atoms with van der Waals surface area (Å²) < 4.78 is 0. The summed E-state index contributed by atoms with van der Waals surface area (Å²) in [6.45, 7) is 11.1. The Hall–Kier alpha value is -0.900. The van der Waals surface area contributed by atoms with Crippen LogP contribution in [0.2, 0.25) is 0 Å². The van der Waals surface area contributed by atoms with Gasteiger partial charge in [-0.2, -0.15) is 0 Å². The number of amides is 1. The van der Waals surface area contributed by atoms with E-state index in [1.54, 1.807) is 0 Å². The van der Waals surface area contributed by atoms with Crippen molar-refractivity contribution in [2.45, 2.75) is 72.3 Å². The van der Waals surface area contributed by atoms with E-state index in [1.165, 1.54) is 12.8 Å². The Morgan fingerprint density at radius 2 is 1.67 bits per heavy atom. The topological polar surface area (TPSA) is 40.6 Å². The van der Waals surface area contributed by atoms with E-state index in [4.69, 9.17) is 0 Å². The fourth-order valence-corrected chi connectivity index (χ4v) is 4.50. The lowest BCUT2D eigenvalue weighted by Gasteiger charge is -2.36. The van der Waals surface area contributed by atoms with Crippen molar-refractivity contribution in [2.75, 3.05) is 26.7 Å². The molecule has 0 aromatic heterocycles. The van der Waals surface area contributed by atoms with Gasteiger partial charge in [0.25, 0.3) is 0 Å². The van der Waals surface area contributed by atoms with Crippen LogP contribution >= 0.6 is 0 Å². The Morgan fingerprint density at radius 1 is 1.04 bits per heavy atom. The molecule has 1 aliphatic carbocycles. The molecule has 1 saturated carbocycles. The van der Waals surface area contributed by atoms with Gasteiger partial charge in [-0.15, -0.1) is 0 Å². The lowest BCUT2D eigenvalue weighted by atomic mass is 9.70. The number of nitrogens with zero attached hydrogens (tertiary/aromatic N) is 2. The number of likely N-dealkylation sites (N-methyl/N-ethyl adjacent to an activating group) is 2. The van der Waals surface area contributed by atoms with E-state index in [0.717, 1.165) is 45.3 Å². The summed E-state index contributed by atoms with van der Waals surface area (Å²) in [5.74, 6) is 0.275. The summed E-state index contributed by atoms with van der Waals surface area (Å²) in [6.07, 6.45) is 6.31. The van der Waals surface area contributed by atoms with Gasteiger partial charge in [-0.05, 0) is 38.8 Å². The molecule has 4 heteroatoms. The molecule has 1 amide bonds. The molecule has 0 bridgehead atoms. The van der Waals surface area contributed by atoms with E-state index in [0.29, 0.717) is 6.04 Å². The quantitative estimate of drug-likeness (QED) is 0.773. The van der Waals surface area contributed by atoms with E-state index < -0.39 is 0 Å². The highest BCUT2D eigenvalue weighted by Gasteiger charge is 2.41. The molecule has 1 unspecified atom stereocenters. The summed E-state index contributed by atoms with van der Waals surface area (Å²) in [5.41, 5.74) is -0.358. The van der Waals surface area contributed by atoms with Crippen molar-refractivity contribution in [1.29, 1.82) is 0 Å². The van der Waals surface area contributed by atoms with Gasteiger partial charge in [0.2, 0.25) is 5.91 Å². The van der Waals surface area contributed by atoms with E-state index >= 15 is 0 Å². The lowest BCUT2D eigenvalue weighted by Crippen LogP contribution is -2.47. The Bertz CT molecular complexity index is 455. The molecule has 1 saturated heterocycles. The van der Waals surface area contributed by atoms with Crippen molar-refractivity contribution in [3.05, 3.63) is 0 Å². The van der Waals surface area contributed by atoms with E-state index in [2.05, 4.69) is 11.8 Å². The van der Waals surface area contributed by atoms with Crippen LogP contribution < -0.4 is 0 Å². The van der Waals surface area contributed by atoms with Crippen LogP contribution in [0.5, 0.6) is 0 Å². The van der Waals surface area contributed by atoms with Crippen LogP contribution in [0.15, 0.2) is 0 Å². The predicted molar refractivity (Wildman–Crippen MR) is 97.8 cm³/mol. The molecule has 24 heavy (non-hydrogen) atoms. The molecule has 138 valence electrons.